The number of carbonyl (C=O) groups is 1. The number of pyridine rings is 1. The molecule has 0 saturated heterocycles. The summed E-state index contributed by atoms with van der Waals surface area (Å²) in [7, 11) is 0. The lowest BCUT2D eigenvalue weighted by molar-refractivity contribution is -0.0979. The fraction of sp³-hybridized carbons (Fsp3) is 0.429. The zero-order valence-corrected chi connectivity index (χ0v) is 11.4. The van der Waals surface area contributed by atoms with Crippen LogP contribution in [0.15, 0.2) is 18.0 Å². The maximum absolute atomic E-state index is 8.00. The number of nitrogens with zero attached hydrogens (tertiary/aromatic N) is 1. The van der Waals surface area contributed by atoms with E-state index in [-0.39, 0.29) is 0 Å². The van der Waals surface area contributed by atoms with Crippen molar-refractivity contribution >= 4 is 12.9 Å². The molecule has 18 heavy (non-hydrogen) atoms. The molecule has 0 amide bonds. The molecule has 0 bridgehead atoms. The van der Waals surface area contributed by atoms with Gasteiger partial charge in [0.1, 0.15) is 12.5 Å². The SMILES string of the molecule is C=O.CCCc1cc(/C=C(/C)N)ncc1OCC. The summed E-state index contributed by atoms with van der Waals surface area (Å²) in [6.07, 6.45) is 5.75. The predicted octanol–water partition coefficient (Wildman–Crippen LogP) is 2.57. The quantitative estimate of drug-likeness (QED) is 0.872. The number of ether oxygens (including phenoxy) is 1. The van der Waals surface area contributed by atoms with Crippen LogP contribution in [0.4, 0.5) is 0 Å². The van der Waals surface area contributed by atoms with Crippen molar-refractivity contribution in [3.05, 3.63) is 29.2 Å². The molecule has 0 aromatic carbocycles. The van der Waals surface area contributed by atoms with Gasteiger partial charge in [0.25, 0.3) is 0 Å². The van der Waals surface area contributed by atoms with Crippen LogP contribution in [-0.4, -0.2) is 18.4 Å². The second kappa shape index (κ2) is 9.22. The third-order valence-corrected chi connectivity index (χ3v) is 2.16. The van der Waals surface area contributed by atoms with Crippen molar-refractivity contribution in [2.24, 2.45) is 5.73 Å². The molecule has 0 fully saturated rings. The summed E-state index contributed by atoms with van der Waals surface area (Å²) in [5, 5.41) is 0. The predicted molar refractivity (Wildman–Crippen MR) is 74.4 cm³/mol. The first-order valence-electron chi connectivity index (χ1n) is 6.01. The summed E-state index contributed by atoms with van der Waals surface area (Å²) in [4.78, 5) is 12.3. The largest absolute Gasteiger partial charge is 0.492 e. The summed E-state index contributed by atoms with van der Waals surface area (Å²) in [5.41, 5.74) is 8.49. The van der Waals surface area contributed by atoms with Crippen LogP contribution in [0.2, 0.25) is 0 Å². The number of allylic oxidation sites excluding steroid dienone is 1. The molecule has 4 heteroatoms. The fourth-order valence-electron chi connectivity index (χ4n) is 1.57. The van der Waals surface area contributed by atoms with Gasteiger partial charge in [-0.3, -0.25) is 4.98 Å². The van der Waals surface area contributed by atoms with Crippen molar-refractivity contribution in [3.63, 3.8) is 0 Å². The Hall–Kier alpha value is -1.84. The number of hydrogen-bond acceptors (Lipinski definition) is 4. The van der Waals surface area contributed by atoms with Crippen LogP contribution in [0.3, 0.4) is 0 Å². The van der Waals surface area contributed by atoms with E-state index in [4.69, 9.17) is 15.3 Å². The van der Waals surface area contributed by atoms with Gasteiger partial charge in [-0.25, -0.2) is 0 Å². The average Bonchev–Trinajstić information content (AvgIpc) is 2.35. The average molecular weight is 250 g/mol. The Morgan fingerprint density at radius 1 is 1.50 bits per heavy atom. The van der Waals surface area contributed by atoms with Crippen LogP contribution >= 0.6 is 0 Å². The van der Waals surface area contributed by atoms with Crippen molar-refractivity contribution in [2.75, 3.05) is 6.61 Å². The minimum atomic E-state index is 0.670. The normalized spacial score (nSPS) is 10.5. The molecule has 1 aromatic heterocycles. The molecule has 0 aliphatic carbocycles. The lowest BCUT2D eigenvalue weighted by Crippen LogP contribution is -1.99. The highest BCUT2D eigenvalue weighted by Gasteiger charge is 2.04. The summed E-state index contributed by atoms with van der Waals surface area (Å²) >= 11 is 0. The van der Waals surface area contributed by atoms with E-state index >= 15 is 0 Å². The zero-order valence-electron chi connectivity index (χ0n) is 11.4. The molecule has 0 spiro atoms. The van der Waals surface area contributed by atoms with E-state index in [9.17, 15) is 0 Å². The molecule has 0 aliphatic rings. The first-order valence-corrected chi connectivity index (χ1v) is 6.01. The monoisotopic (exact) mass is 250 g/mol. The molecule has 1 heterocycles. The van der Waals surface area contributed by atoms with Gasteiger partial charge in [0.15, 0.2) is 0 Å². The lowest BCUT2D eigenvalue weighted by Gasteiger charge is -2.09. The Labute approximate surface area is 109 Å². The number of aryl methyl sites for hydroxylation is 1. The highest BCUT2D eigenvalue weighted by molar-refractivity contribution is 5.50. The first-order chi connectivity index (χ1) is 8.67. The van der Waals surface area contributed by atoms with Gasteiger partial charge in [0.2, 0.25) is 0 Å². The van der Waals surface area contributed by atoms with Crippen LogP contribution in [-0.2, 0) is 11.2 Å². The molecule has 4 nitrogen and oxygen atoms in total. The lowest BCUT2D eigenvalue weighted by atomic mass is 10.1. The van der Waals surface area contributed by atoms with Crippen molar-refractivity contribution in [1.82, 2.24) is 4.98 Å². The van der Waals surface area contributed by atoms with Gasteiger partial charge in [-0.1, -0.05) is 13.3 Å². The van der Waals surface area contributed by atoms with Crippen molar-refractivity contribution < 1.29 is 9.53 Å². The fourth-order valence-corrected chi connectivity index (χ4v) is 1.57. The minimum absolute atomic E-state index is 0.670. The van der Waals surface area contributed by atoms with Crippen LogP contribution < -0.4 is 10.5 Å². The van der Waals surface area contributed by atoms with Gasteiger partial charge in [-0.2, -0.15) is 0 Å². The Morgan fingerprint density at radius 3 is 2.67 bits per heavy atom. The molecule has 1 rings (SSSR count). The standard InChI is InChI=1S/C13H20N2O.CH2O/c1-4-6-11-8-12(7-10(3)14)15-9-13(11)16-5-2;1-2/h7-9H,4-6,14H2,1-3H3;1H2/b10-7-;. The maximum atomic E-state index is 8.00. The molecule has 0 radical (unpaired) electrons. The van der Waals surface area contributed by atoms with Crippen molar-refractivity contribution in [2.45, 2.75) is 33.6 Å². The summed E-state index contributed by atoms with van der Waals surface area (Å²) in [6.45, 7) is 8.66. The van der Waals surface area contributed by atoms with Gasteiger partial charge in [0, 0.05) is 5.70 Å². The van der Waals surface area contributed by atoms with E-state index in [0.29, 0.717) is 6.61 Å². The van der Waals surface area contributed by atoms with Gasteiger partial charge in [-0.15, -0.1) is 0 Å². The summed E-state index contributed by atoms with van der Waals surface area (Å²) in [5.74, 6) is 0.885. The van der Waals surface area contributed by atoms with Gasteiger partial charge in [-0.05, 0) is 38.0 Å². The Bertz CT molecular complexity index is 385. The van der Waals surface area contributed by atoms with E-state index in [0.717, 1.165) is 30.0 Å². The number of carbonyl (C=O) groups excluding carboxylic acids is 1. The first kappa shape index (κ1) is 16.2. The van der Waals surface area contributed by atoms with E-state index in [1.807, 2.05) is 32.8 Å². The van der Waals surface area contributed by atoms with Gasteiger partial charge in [0.05, 0.1) is 18.5 Å². The number of hydrogen-bond donors (Lipinski definition) is 1. The van der Waals surface area contributed by atoms with Crippen molar-refractivity contribution in [1.29, 1.82) is 0 Å². The zero-order chi connectivity index (χ0) is 14.0. The molecular weight excluding hydrogens is 228 g/mol. The number of nitrogens with two attached hydrogens (primary N) is 1. The van der Waals surface area contributed by atoms with Gasteiger partial charge < -0.3 is 15.3 Å². The molecule has 2 N–H and O–H groups in total. The van der Waals surface area contributed by atoms with Crippen LogP contribution in [0.5, 0.6) is 5.75 Å². The summed E-state index contributed by atoms with van der Waals surface area (Å²) in [6, 6.07) is 2.05. The molecular formula is C14H22N2O2. The van der Waals surface area contributed by atoms with E-state index < -0.39 is 0 Å². The third-order valence-electron chi connectivity index (χ3n) is 2.16. The Kier molecular flexibility index (Phi) is 8.27. The van der Waals surface area contributed by atoms with Gasteiger partial charge >= 0.3 is 0 Å². The second-order valence-electron chi connectivity index (χ2n) is 3.79. The topological polar surface area (TPSA) is 65.2 Å². The van der Waals surface area contributed by atoms with E-state index in [1.165, 1.54) is 5.56 Å². The maximum Gasteiger partial charge on any atom is 0.140 e. The molecule has 100 valence electrons. The Morgan fingerprint density at radius 2 is 2.17 bits per heavy atom. The van der Waals surface area contributed by atoms with Crippen molar-refractivity contribution in [3.8, 4) is 5.75 Å². The Balaban J connectivity index is 0.00000137. The minimum Gasteiger partial charge on any atom is -0.492 e. The van der Waals surface area contributed by atoms with Crippen LogP contribution in [0.1, 0.15) is 38.4 Å². The number of rotatable bonds is 5. The summed E-state index contributed by atoms with van der Waals surface area (Å²) < 4.78 is 5.54. The molecule has 0 unspecified atom stereocenters. The number of aromatic nitrogens is 1. The third kappa shape index (κ3) is 5.48. The van der Waals surface area contributed by atoms with Crippen LogP contribution in [0.25, 0.3) is 6.08 Å². The highest BCUT2D eigenvalue weighted by Crippen LogP contribution is 2.20. The molecule has 0 atom stereocenters. The molecule has 1 aromatic rings. The second-order valence-corrected chi connectivity index (χ2v) is 3.79. The molecule has 0 saturated carbocycles. The highest BCUT2D eigenvalue weighted by atomic mass is 16.5. The molecule has 0 aliphatic heterocycles. The van der Waals surface area contributed by atoms with Crippen LogP contribution in [0, 0.1) is 0 Å². The van der Waals surface area contributed by atoms with E-state index in [2.05, 4.69) is 11.9 Å². The van der Waals surface area contributed by atoms with E-state index in [1.54, 1.807) is 6.20 Å². The smallest absolute Gasteiger partial charge is 0.140 e.